The van der Waals surface area contributed by atoms with Crippen LogP contribution in [0.2, 0.25) is 0 Å². The Hall–Kier alpha value is 0.668. The molecule has 0 radical (unpaired) electrons. The Bertz CT molecular complexity index is 123. The van der Waals surface area contributed by atoms with Gasteiger partial charge in [0.15, 0.2) is 0 Å². The third kappa shape index (κ3) is 3.18. The standard InChI is InChI=1S/C6H13AsO2S/c8-7(10)9-6-4-2-1-3-5-6/h6-7H,1-5H2,(H,8,10). The van der Waals surface area contributed by atoms with E-state index in [0.29, 0.717) is 0 Å². The molecular formula is C6H13AsO2S. The molecule has 1 aliphatic carbocycles. The van der Waals surface area contributed by atoms with Gasteiger partial charge in [-0.3, -0.25) is 0 Å². The summed E-state index contributed by atoms with van der Waals surface area (Å²) in [5.41, 5.74) is 0. The Morgan fingerprint density at radius 3 is 2.40 bits per heavy atom. The first-order valence-electron chi connectivity index (χ1n) is 3.68. The maximum absolute atomic E-state index is 10.6. The van der Waals surface area contributed by atoms with Gasteiger partial charge in [-0.25, -0.2) is 0 Å². The number of rotatable bonds is 2. The van der Waals surface area contributed by atoms with Crippen LogP contribution in [0.25, 0.3) is 0 Å². The molecule has 0 saturated heterocycles. The molecule has 0 spiro atoms. The molecule has 0 bridgehead atoms. The third-order valence-corrected chi connectivity index (χ3v) is 3.49. The summed E-state index contributed by atoms with van der Waals surface area (Å²) in [5, 5.41) is 0. The molecule has 0 aromatic carbocycles. The molecule has 60 valence electrons. The van der Waals surface area contributed by atoms with Crippen LogP contribution in [0.3, 0.4) is 0 Å². The topological polar surface area (TPSA) is 26.3 Å². The summed E-state index contributed by atoms with van der Waals surface area (Å²) < 4.78 is 15.8. The van der Waals surface area contributed by atoms with Gasteiger partial charge in [-0.1, -0.05) is 0 Å². The van der Waals surface area contributed by atoms with Crippen LogP contribution in [0.5, 0.6) is 0 Å². The van der Waals surface area contributed by atoms with E-state index in [-0.39, 0.29) is 6.10 Å². The Balaban J connectivity index is 2.19. The van der Waals surface area contributed by atoms with E-state index in [2.05, 4.69) is 10.9 Å². The second-order valence-corrected chi connectivity index (χ2v) is 6.15. The summed E-state index contributed by atoms with van der Waals surface area (Å²) in [5.74, 6) is 0. The Labute approximate surface area is 70.6 Å². The van der Waals surface area contributed by atoms with Gasteiger partial charge in [0.25, 0.3) is 0 Å². The molecule has 4 heteroatoms. The molecule has 0 aliphatic heterocycles. The first-order chi connectivity index (χ1) is 4.79. The van der Waals surface area contributed by atoms with Crippen LogP contribution >= 0.6 is 10.9 Å². The molecular weight excluding hydrogens is 211 g/mol. The Morgan fingerprint density at radius 1 is 1.30 bits per heavy atom. The van der Waals surface area contributed by atoms with Gasteiger partial charge in [0.1, 0.15) is 0 Å². The third-order valence-electron chi connectivity index (χ3n) is 1.82. The summed E-state index contributed by atoms with van der Waals surface area (Å²) in [6, 6.07) is 0. The number of thiol groups is 1. The van der Waals surface area contributed by atoms with Crippen molar-refractivity contribution in [2.45, 2.75) is 38.2 Å². The van der Waals surface area contributed by atoms with E-state index in [4.69, 9.17) is 3.73 Å². The number of hydrogen-bond acceptors (Lipinski definition) is 2. The molecule has 1 atom stereocenters. The zero-order valence-corrected chi connectivity index (χ0v) is 8.87. The number of hydrogen-bond donors (Lipinski definition) is 1. The van der Waals surface area contributed by atoms with Gasteiger partial charge in [-0.05, 0) is 0 Å². The molecule has 0 aromatic heterocycles. The van der Waals surface area contributed by atoms with Gasteiger partial charge >= 0.3 is 70.3 Å². The molecule has 0 heterocycles. The molecule has 1 fully saturated rings. The zero-order valence-electron chi connectivity index (χ0n) is 5.88. The summed E-state index contributed by atoms with van der Waals surface area (Å²) in [6.07, 6.45) is 6.19. The quantitative estimate of drug-likeness (QED) is 0.567. The van der Waals surface area contributed by atoms with Crippen LogP contribution in [0.15, 0.2) is 0 Å². The van der Waals surface area contributed by atoms with Gasteiger partial charge < -0.3 is 0 Å². The van der Waals surface area contributed by atoms with Crippen molar-refractivity contribution in [1.29, 1.82) is 0 Å². The van der Waals surface area contributed by atoms with Crippen molar-refractivity contribution in [3.63, 3.8) is 0 Å². The minimum atomic E-state index is -2.53. The van der Waals surface area contributed by atoms with Gasteiger partial charge in [-0.15, -0.1) is 0 Å². The van der Waals surface area contributed by atoms with Crippen LogP contribution < -0.4 is 0 Å². The predicted octanol–water partition coefficient (Wildman–Crippen LogP) is 1.41. The van der Waals surface area contributed by atoms with Crippen LogP contribution in [-0.2, 0) is 7.47 Å². The molecule has 1 unspecified atom stereocenters. The van der Waals surface area contributed by atoms with E-state index >= 15 is 0 Å². The van der Waals surface area contributed by atoms with E-state index in [1.165, 1.54) is 19.3 Å². The fourth-order valence-corrected chi connectivity index (χ4v) is 3.19. The fraction of sp³-hybridized carbons (Fsp3) is 1.00. The van der Waals surface area contributed by atoms with E-state index in [9.17, 15) is 3.74 Å². The van der Waals surface area contributed by atoms with E-state index < -0.39 is 13.8 Å². The van der Waals surface area contributed by atoms with Gasteiger partial charge in [0.2, 0.25) is 0 Å². The minimum absolute atomic E-state index is 0.263. The Kier molecular flexibility index (Phi) is 3.97. The van der Waals surface area contributed by atoms with Gasteiger partial charge in [0.05, 0.1) is 0 Å². The van der Waals surface area contributed by atoms with Crippen molar-refractivity contribution in [1.82, 2.24) is 0 Å². The van der Waals surface area contributed by atoms with Crippen LogP contribution in [-0.4, -0.2) is 19.9 Å². The van der Waals surface area contributed by atoms with Crippen molar-refractivity contribution in [2.75, 3.05) is 0 Å². The predicted molar refractivity (Wildman–Crippen MR) is 44.8 cm³/mol. The molecule has 1 saturated carbocycles. The normalized spacial score (nSPS) is 24.5. The van der Waals surface area contributed by atoms with Gasteiger partial charge in [0, 0.05) is 0 Å². The zero-order chi connectivity index (χ0) is 7.40. The monoisotopic (exact) mass is 224 g/mol. The molecule has 0 aromatic rings. The fourth-order valence-electron chi connectivity index (χ4n) is 1.33. The summed E-state index contributed by atoms with van der Waals surface area (Å²) in [4.78, 5) is 0. The van der Waals surface area contributed by atoms with Crippen molar-refractivity contribution < 1.29 is 7.47 Å². The Morgan fingerprint density at radius 2 is 1.90 bits per heavy atom. The average Bonchev–Trinajstić information content (AvgIpc) is 1.88. The summed E-state index contributed by atoms with van der Waals surface area (Å²) in [7, 11) is 3.80. The molecule has 2 nitrogen and oxygen atoms in total. The second-order valence-electron chi connectivity index (χ2n) is 2.64. The molecule has 1 aliphatic rings. The first-order valence-corrected chi connectivity index (χ1v) is 8.66. The average molecular weight is 224 g/mol. The van der Waals surface area contributed by atoms with Crippen molar-refractivity contribution in [2.24, 2.45) is 0 Å². The molecule has 10 heavy (non-hydrogen) atoms. The second kappa shape index (κ2) is 4.53. The summed E-state index contributed by atoms with van der Waals surface area (Å²) >= 11 is -2.53. The molecule has 1 rings (SSSR count). The van der Waals surface area contributed by atoms with E-state index in [0.717, 1.165) is 12.8 Å². The maximum atomic E-state index is 10.6. The van der Waals surface area contributed by atoms with E-state index in [1.54, 1.807) is 0 Å². The molecule has 0 N–H and O–H groups in total. The van der Waals surface area contributed by atoms with E-state index in [1.807, 2.05) is 0 Å². The van der Waals surface area contributed by atoms with Crippen LogP contribution in [0.4, 0.5) is 0 Å². The van der Waals surface area contributed by atoms with Crippen LogP contribution in [0.1, 0.15) is 32.1 Å². The van der Waals surface area contributed by atoms with Crippen molar-refractivity contribution >= 4 is 24.7 Å². The first kappa shape index (κ1) is 8.76. The van der Waals surface area contributed by atoms with Crippen LogP contribution in [0, 0.1) is 0 Å². The van der Waals surface area contributed by atoms with Crippen molar-refractivity contribution in [3.05, 3.63) is 0 Å². The summed E-state index contributed by atoms with van der Waals surface area (Å²) in [6.45, 7) is 0. The SMILES string of the molecule is O=[AsH](S)OC1CCCCC1. The van der Waals surface area contributed by atoms with Gasteiger partial charge in [-0.2, -0.15) is 0 Å². The molecule has 0 amide bonds. The van der Waals surface area contributed by atoms with Crippen molar-refractivity contribution in [3.8, 4) is 0 Å².